The minimum absolute atomic E-state index is 0.0382. The third kappa shape index (κ3) is 4.92. The molecule has 0 saturated carbocycles. The minimum Gasteiger partial charge on any atom is -0.399 e. The summed E-state index contributed by atoms with van der Waals surface area (Å²) in [7, 11) is 1.64. The van der Waals surface area contributed by atoms with Gasteiger partial charge in [-0.05, 0) is 24.1 Å². The highest BCUT2D eigenvalue weighted by atomic mass is 16.5. The van der Waals surface area contributed by atoms with Gasteiger partial charge in [0.1, 0.15) is 0 Å². The van der Waals surface area contributed by atoms with Crippen LogP contribution in [0.15, 0.2) is 36.7 Å². The zero-order valence-electron chi connectivity index (χ0n) is 12.1. The molecule has 0 saturated heterocycles. The van der Waals surface area contributed by atoms with Gasteiger partial charge in [-0.25, -0.2) is 0 Å². The number of methoxy groups -OCH3 is 1. The van der Waals surface area contributed by atoms with Crippen LogP contribution in [0.25, 0.3) is 0 Å². The minimum atomic E-state index is -0.0382. The van der Waals surface area contributed by atoms with Crippen LogP contribution < -0.4 is 11.1 Å². The number of anilines is 2. The number of amides is 1. The van der Waals surface area contributed by atoms with Crippen molar-refractivity contribution in [1.82, 2.24) is 9.78 Å². The molecule has 112 valence electrons. The van der Waals surface area contributed by atoms with E-state index in [0.29, 0.717) is 37.4 Å². The Kier molecular flexibility index (Phi) is 5.34. The van der Waals surface area contributed by atoms with Gasteiger partial charge in [0.25, 0.3) is 0 Å². The number of nitrogen functional groups attached to an aromatic ring is 1. The van der Waals surface area contributed by atoms with Crippen molar-refractivity contribution in [2.24, 2.45) is 0 Å². The second-order valence-electron chi connectivity index (χ2n) is 4.78. The van der Waals surface area contributed by atoms with E-state index in [9.17, 15) is 4.79 Å². The predicted octanol–water partition coefficient (Wildman–Crippen LogP) is 1.68. The molecule has 6 heteroatoms. The Labute approximate surface area is 123 Å². The Hall–Kier alpha value is -2.34. The first-order valence-corrected chi connectivity index (χ1v) is 6.83. The molecule has 0 atom stereocenters. The molecule has 2 aromatic rings. The maximum absolute atomic E-state index is 11.9. The lowest BCUT2D eigenvalue weighted by molar-refractivity contribution is -0.116. The number of carbonyl (C=O) groups excluding carboxylic acids is 1. The summed E-state index contributed by atoms with van der Waals surface area (Å²) in [5, 5.41) is 6.97. The van der Waals surface area contributed by atoms with E-state index in [-0.39, 0.29) is 5.91 Å². The van der Waals surface area contributed by atoms with Gasteiger partial charge in [0.15, 0.2) is 0 Å². The second kappa shape index (κ2) is 7.44. The summed E-state index contributed by atoms with van der Waals surface area (Å²) < 4.78 is 6.71. The van der Waals surface area contributed by atoms with Crippen LogP contribution in [0.5, 0.6) is 0 Å². The fraction of sp³-hybridized carbons (Fsp3) is 0.333. The van der Waals surface area contributed by atoms with Crippen molar-refractivity contribution in [1.29, 1.82) is 0 Å². The number of aryl methyl sites for hydroxylation is 1. The molecule has 0 spiro atoms. The Morgan fingerprint density at radius 2 is 2.33 bits per heavy atom. The number of nitrogens with two attached hydrogens (primary N) is 1. The Bertz CT molecular complexity index is 595. The van der Waals surface area contributed by atoms with Gasteiger partial charge < -0.3 is 15.8 Å². The highest BCUT2D eigenvalue weighted by molar-refractivity contribution is 5.90. The first-order chi connectivity index (χ1) is 10.2. The van der Waals surface area contributed by atoms with E-state index in [4.69, 9.17) is 10.5 Å². The molecule has 1 amide bonds. The monoisotopic (exact) mass is 288 g/mol. The fourth-order valence-electron chi connectivity index (χ4n) is 1.97. The van der Waals surface area contributed by atoms with Crippen molar-refractivity contribution in [3.8, 4) is 0 Å². The van der Waals surface area contributed by atoms with E-state index < -0.39 is 0 Å². The molecule has 0 radical (unpaired) electrons. The lowest BCUT2D eigenvalue weighted by Crippen LogP contribution is -2.12. The van der Waals surface area contributed by atoms with E-state index in [2.05, 4.69) is 10.4 Å². The van der Waals surface area contributed by atoms with Gasteiger partial charge in [0.2, 0.25) is 5.91 Å². The number of aromatic nitrogens is 2. The average Bonchev–Trinajstić information content (AvgIpc) is 2.90. The molecule has 0 aliphatic rings. The molecule has 6 nitrogen and oxygen atoms in total. The van der Waals surface area contributed by atoms with Crippen molar-refractivity contribution >= 4 is 17.3 Å². The number of nitrogens with one attached hydrogen (secondary N) is 1. The number of hydrogen-bond donors (Lipinski definition) is 2. The normalized spacial score (nSPS) is 10.5. The van der Waals surface area contributed by atoms with Gasteiger partial charge in [0.05, 0.1) is 25.0 Å². The van der Waals surface area contributed by atoms with Crippen LogP contribution in [0, 0.1) is 0 Å². The molecule has 0 bridgehead atoms. The first-order valence-electron chi connectivity index (χ1n) is 6.83. The molecule has 1 aromatic heterocycles. The zero-order valence-corrected chi connectivity index (χ0v) is 12.1. The van der Waals surface area contributed by atoms with Crippen molar-refractivity contribution in [3.63, 3.8) is 0 Å². The van der Waals surface area contributed by atoms with Crippen molar-refractivity contribution in [2.45, 2.75) is 19.4 Å². The SMILES string of the molecule is COCCn1cc(NC(=O)CCc2cccc(N)c2)cn1. The standard InChI is InChI=1S/C15H20N4O2/c1-21-8-7-19-11-14(10-17-19)18-15(20)6-5-12-3-2-4-13(16)9-12/h2-4,9-11H,5-8,16H2,1H3,(H,18,20). The van der Waals surface area contributed by atoms with Gasteiger partial charge in [-0.3, -0.25) is 9.48 Å². The summed E-state index contributed by atoms with van der Waals surface area (Å²) in [5.41, 5.74) is 8.18. The highest BCUT2D eigenvalue weighted by Gasteiger charge is 2.05. The van der Waals surface area contributed by atoms with Crippen molar-refractivity contribution in [2.75, 3.05) is 24.8 Å². The maximum Gasteiger partial charge on any atom is 0.224 e. The second-order valence-corrected chi connectivity index (χ2v) is 4.78. The molecular weight excluding hydrogens is 268 g/mol. The smallest absolute Gasteiger partial charge is 0.224 e. The van der Waals surface area contributed by atoms with Crippen LogP contribution in [0.3, 0.4) is 0 Å². The highest BCUT2D eigenvalue weighted by Crippen LogP contribution is 2.10. The Morgan fingerprint density at radius 1 is 1.48 bits per heavy atom. The summed E-state index contributed by atoms with van der Waals surface area (Å²) in [6, 6.07) is 7.57. The largest absolute Gasteiger partial charge is 0.399 e. The average molecular weight is 288 g/mol. The number of ether oxygens (including phenoxy) is 1. The zero-order chi connectivity index (χ0) is 15.1. The molecule has 3 N–H and O–H groups in total. The molecule has 0 aliphatic heterocycles. The van der Waals surface area contributed by atoms with Crippen LogP contribution in [0.2, 0.25) is 0 Å². The lowest BCUT2D eigenvalue weighted by Gasteiger charge is -2.04. The number of rotatable bonds is 7. The van der Waals surface area contributed by atoms with Crippen molar-refractivity contribution < 1.29 is 9.53 Å². The van der Waals surface area contributed by atoms with Gasteiger partial charge in [0, 0.05) is 25.4 Å². The number of benzene rings is 1. The summed E-state index contributed by atoms with van der Waals surface area (Å²) in [4.78, 5) is 11.9. The number of nitrogens with zero attached hydrogens (tertiary/aromatic N) is 2. The molecule has 21 heavy (non-hydrogen) atoms. The molecule has 2 rings (SSSR count). The van der Waals surface area contributed by atoms with Crippen LogP contribution in [0.4, 0.5) is 11.4 Å². The van der Waals surface area contributed by atoms with Gasteiger partial charge >= 0.3 is 0 Å². The van der Waals surface area contributed by atoms with E-state index in [1.807, 2.05) is 24.3 Å². The van der Waals surface area contributed by atoms with E-state index >= 15 is 0 Å². The summed E-state index contributed by atoms with van der Waals surface area (Å²) in [6.07, 6.45) is 4.49. The van der Waals surface area contributed by atoms with Crippen molar-refractivity contribution in [3.05, 3.63) is 42.2 Å². The lowest BCUT2D eigenvalue weighted by atomic mass is 10.1. The Morgan fingerprint density at radius 3 is 3.10 bits per heavy atom. The van der Waals surface area contributed by atoms with E-state index in [0.717, 1.165) is 5.56 Å². The Balaban J connectivity index is 1.80. The summed E-state index contributed by atoms with van der Waals surface area (Å²) in [5.74, 6) is -0.0382. The summed E-state index contributed by atoms with van der Waals surface area (Å²) in [6.45, 7) is 1.25. The third-order valence-corrected chi connectivity index (χ3v) is 3.03. The molecular formula is C15H20N4O2. The van der Waals surface area contributed by atoms with E-state index in [1.54, 1.807) is 24.2 Å². The predicted molar refractivity (Wildman–Crippen MR) is 81.9 cm³/mol. The van der Waals surface area contributed by atoms with Gasteiger partial charge in [-0.2, -0.15) is 5.10 Å². The molecule has 0 fully saturated rings. The van der Waals surface area contributed by atoms with E-state index in [1.165, 1.54) is 0 Å². The van der Waals surface area contributed by atoms with Gasteiger partial charge in [-0.15, -0.1) is 0 Å². The summed E-state index contributed by atoms with van der Waals surface area (Å²) >= 11 is 0. The first kappa shape index (κ1) is 15.1. The van der Waals surface area contributed by atoms with Crippen LogP contribution >= 0.6 is 0 Å². The van der Waals surface area contributed by atoms with Crippen LogP contribution in [-0.2, 0) is 22.5 Å². The quantitative estimate of drug-likeness (QED) is 0.759. The third-order valence-electron chi connectivity index (χ3n) is 3.03. The maximum atomic E-state index is 11.9. The molecule has 0 unspecified atom stereocenters. The molecule has 1 aromatic carbocycles. The fourth-order valence-corrected chi connectivity index (χ4v) is 1.97. The number of carbonyl (C=O) groups is 1. The molecule has 1 heterocycles. The van der Waals surface area contributed by atoms with Gasteiger partial charge in [-0.1, -0.05) is 12.1 Å². The van der Waals surface area contributed by atoms with Crippen LogP contribution in [-0.4, -0.2) is 29.4 Å². The topological polar surface area (TPSA) is 82.2 Å². The molecule has 0 aliphatic carbocycles. The van der Waals surface area contributed by atoms with Crippen LogP contribution in [0.1, 0.15) is 12.0 Å². The number of hydrogen-bond acceptors (Lipinski definition) is 4.